The predicted octanol–water partition coefficient (Wildman–Crippen LogP) is 15.4. The van der Waals surface area contributed by atoms with Gasteiger partial charge in [0.25, 0.3) is 0 Å². The van der Waals surface area contributed by atoms with Crippen LogP contribution in [0.2, 0.25) is 0 Å². The van der Waals surface area contributed by atoms with E-state index in [-0.39, 0.29) is 0 Å². The maximum Gasteiger partial charge on any atom is 0.143 e. The highest BCUT2D eigenvalue weighted by Gasteiger charge is 2.20. The van der Waals surface area contributed by atoms with E-state index in [0.29, 0.717) is 0 Å². The van der Waals surface area contributed by atoms with E-state index in [1.165, 1.54) is 43.1 Å². The lowest BCUT2D eigenvalue weighted by Gasteiger charge is -2.14. The van der Waals surface area contributed by atoms with Gasteiger partial charge < -0.3 is 13.4 Å². The first-order valence-corrected chi connectivity index (χ1v) is 19.5. The monoisotopic (exact) mass is 725 g/mol. The molecule has 264 valence electrons. The van der Waals surface area contributed by atoms with Crippen LogP contribution in [-0.4, -0.2) is 4.57 Å². The zero-order valence-corrected chi connectivity index (χ0v) is 30.7. The van der Waals surface area contributed by atoms with Gasteiger partial charge in [0.05, 0.1) is 11.0 Å². The van der Waals surface area contributed by atoms with Crippen LogP contribution in [0.3, 0.4) is 0 Å². The van der Waals surface area contributed by atoms with Crippen LogP contribution in [0.4, 0.5) is 0 Å². The highest BCUT2D eigenvalue weighted by molar-refractivity contribution is 6.26. The smallest absolute Gasteiger partial charge is 0.143 e. The minimum atomic E-state index is 0.901. The Labute approximate surface area is 326 Å². The minimum Gasteiger partial charge on any atom is -0.455 e. The summed E-state index contributed by atoms with van der Waals surface area (Å²) in [5.41, 5.74) is 11.4. The van der Waals surface area contributed by atoms with Crippen molar-refractivity contribution in [3.8, 4) is 27.9 Å². The Morgan fingerprint density at radius 1 is 0.281 bits per heavy atom. The Hall–Kier alpha value is -7.62. The highest BCUT2D eigenvalue weighted by Crippen LogP contribution is 2.43. The molecule has 0 spiro atoms. The molecule has 0 bridgehead atoms. The SMILES string of the molecule is c1ccc2c(c1)oc1c(-c3ccc4c5ccc(-c6cccc7c6oc6ccccc67)cc5n(-c5ccc6c7ccccc7c7ccccc7c6c5)c4c3)cccc12. The predicted molar refractivity (Wildman–Crippen MR) is 239 cm³/mol. The number of fused-ring (bicyclic) bond motifs is 15. The number of furan rings is 2. The summed E-state index contributed by atoms with van der Waals surface area (Å²) in [5.74, 6) is 0. The average molecular weight is 726 g/mol. The summed E-state index contributed by atoms with van der Waals surface area (Å²) in [6, 6.07) is 67.9. The molecule has 13 rings (SSSR count). The van der Waals surface area contributed by atoms with Crippen LogP contribution in [0.25, 0.3) is 126 Å². The molecule has 3 heterocycles. The van der Waals surface area contributed by atoms with Crippen LogP contribution in [0.1, 0.15) is 0 Å². The van der Waals surface area contributed by atoms with Gasteiger partial charge in [-0.3, -0.25) is 0 Å². The second-order valence-electron chi connectivity index (χ2n) is 15.2. The molecular formula is C54H31NO2. The molecular weight excluding hydrogens is 695 g/mol. The van der Waals surface area contributed by atoms with Crippen molar-refractivity contribution in [3.63, 3.8) is 0 Å². The van der Waals surface area contributed by atoms with Crippen LogP contribution in [0.15, 0.2) is 197 Å². The first kappa shape index (κ1) is 30.7. The Balaban J connectivity index is 1.12. The summed E-state index contributed by atoms with van der Waals surface area (Å²) in [6.45, 7) is 0. The van der Waals surface area contributed by atoms with Crippen molar-refractivity contribution in [3.05, 3.63) is 188 Å². The summed E-state index contributed by atoms with van der Waals surface area (Å²) >= 11 is 0. The molecule has 0 saturated carbocycles. The second-order valence-corrected chi connectivity index (χ2v) is 15.2. The molecule has 0 aliphatic rings. The van der Waals surface area contributed by atoms with Gasteiger partial charge in [0, 0.05) is 49.1 Å². The van der Waals surface area contributed by atoms with Crippen LogP contribution >= 0.6 is 0 Å². The molecule has 57 heavy (non-hydrogen) atoms. The number of aromatic nitrogens is 1. The van der Waals surface area contributed by atoms with Crippen molar-refractivity contribution in [1.29, 1.82) is 0 Å². The third kappa shape index (κ3) is 4.31. The van der Waals surface area contributed by atoms with E-state index in [1.54, 1.807) is 0 Å². The molecule has 0 aliphatic carbocycles. The molecule has 0 amide bonds. The molecule has 0 aliphatic heterocycles. The highest BCUT2D eigenvalue weighted by atomic mass is 16.3. The van der Waals surface area contributed by atoms with Crippen molar-refractivity contribution < 1.29 is 8.83 Å². The fourth-order valence-corrected chi connectivity index (χ4v) is 9.62. The molecule has 3 nitrogen and oxygen atoms in total. The average Bonchev–Trinajstić information content (AvgIpc) is 3.95. The van der Waals surface area contributed by atoms with Gasteiger partial charge in [-0.05, 0) is 79.8 Å². The Kier molecular flexibility index (Phi) is 6.16. The van der Waals surface area contributed by atoms with E-state index in [1.807, 2.05) is 12.1 Å². The number of hydrogen-bond acceptors (Lipinski definition) is 2. The summed E-state index contributed by atoms with van der Waals surface area (Å²) in [7, 11) is 0. The zero-order valence-electron chi connectivity index (χ0n) is 30.7. The van der Waals surface area contributed by atoms with Crippen molar-refractivity contribution >= 4 is 98.0 Å². The molecule has 0 fully saturated rings. The van der Waals surface area contributed by atoms with Crippen molar-refractivity contribution in [2.24, 2.45) is 0 Å². The van der Waals surface area contributed by atoms with Crippen molar-refractivity contribution in [2.75, 3.05) is 0 Å². The Morgan fingerprint density at radius 2 is 0.684 bits per heavy atom. The molecule has 3 heteroatoms. The number of rotatable bonds is 3. The van der Waals surface area contributed by atoms with Gasteiger partial charge in [-0.1, -0.05) is 152 Å². The number of benzene rings is 10. The van der Waals surface area contributed by atoms with Crippen molar-refractivity contribution in [1.82, 2.24) is 4.57 Å². The molecule has 13 aromatic rings. The van der Waals surface area contributed by atoms with Crippen LogP contribution < -0.4 is 0 Å². The first-order valence-electron chi connectivity index (χ1n) is 19.5. The number of nitrogens with zero attached hydrogens (tertiary/aromatic N) is 1. The lowest BCUT2D eigenvalue weighted by Crippen LogP contribution is -1.95. The minimum absolute atomic E-state index is 0.901. The van der Waals surface area contributed by atoms with Gasteiger partial charge in [0.1, 0.15) is 22.3 Å². The first-order chi connectivity index (χ1) is 28.3. The van der Waals surface area contributed by atoms with Gasteiger partial charge in [0.2, 0.25) is 0 Å². The largest absolute Gasteiger partial charge is 0.455 e. The lowest BCUT2D eigenvalue weighted by molar-refractivity contribution is 0.669. The second kappa shape index (κ2) is 11.5. The normalized spacial score (nSPS) is 12.2. The third-order valence-electron chi connectivity index (χ3n) is 12.2. The van der Waals surface area contributed by atoms with Crippen LogP contribution in [-0.2, 0) is 0 Å². The quantitative estimate of drug-likeness (QED) is 0.170. The fourth-order valence-electron chi connectivity index (χ4n) is 9.62. The third-order valence-corrected chi connectivity index (χ3v) is 12.2. The van der Waals surface area contributed by atoms with Gasteiger partial charge in [-0.25, -0.2) is 0 Å². The Morgan fingerprint density at radius 3 is 1.19 bits per heavy atom. The topological polar surface area (TPSA) is 31.2 Å². The molecule has 10 aromatic carbocycles. The molecule has 0 radical (unpaired) electrons. The van der Waals surface area contributed by atoms with Gasteiger partial charge in [-0.2, -0.15) is 0 Å². The zero-order chi connectivity index (χ0) is 37.2. The van der Waals surface area contributed by atoms with Gasteiger partial charge >= 0.3 is 0 Å². The number of para-hydroxylation sites is 4. The maximum absolute atomic E-state index is 6.55. The summed E-state index contributed by atoms with van der Waals surface area (Å²) in [4.78, 5) is 0. The Bertz CT molecular complexity index is 3610. The van der Waals surface area contributed by atoms with Crippen LogP contribution in [0.5, 0.6) is 0 Å². The maximum atomic E-state index is 6.55. The molecule has 3 aromatic heterocycles. The summed E-state index contributed by atoms with van der Waals surface area (Å²) < 4.78 is 15.6. The van der Waals surface area contributed by atoms with E-state index < -0.39 is 0 Å². The van der Waals surface area contributed by atoms with Crippen molar-refractivity contribution in [2.45, 2.75) is 0 Å². The van der Waals surface area contributed by atoms with Gasteiger partial charge in [0.15, 0.2) is 0 Å². The lowest BCUT2D eigenvalue weighted by atomic mass is 9.94. The van der Waals surface area contributed by atoms with E-state index in [9.17, 15) is 0 Å². The summed E-state index contributed by atoms with van der Waals surface area (Å²) in [6.07, 6.45) is 0. The van der Waals surface area contributed by atoms with E-state index in [0.717, 1.165) is 82.9 Å². The van der Waals surface area contributed by atoms with Gasteiger partial charge in [-0.15, -0.1) is 0 Å². The standard InChI is InChI=1S/C54H31NO2/c1-2-13-39-37(11-1)38-12-3-4-14-40(38)48-31-34(25-28-41(39)48)55-49-29-32(35-17-9-19-46-44-15-5-7-21-51(44)56-53(35)46)23-26-42(49)43-27-24-33(30-50(43)55)36-18-10-20-47-45-16-6-8-22-52(45)57-54(36)47/h1-31H. The number of hydrogen-bond donors (Lipinski definition) is 0. The van der Waals surface area contributed by atoms with E-state index in [2.05, 4.69) is 180 Å². The molecule has 0 atom stereocenters. The van der Waals surface area contributed by atoms with E-state index in [4.69, 9.17) is 8.83 Å². The molecule has 0 saturated heterocycles. The molecule has 0 unspecified atom stereocenters. The summed E-state index contributed by atoms with van der Waals surface area (Å²) in [5, 5.41) is 14.5. The van der Waals surface area contributed by atoms with E-state index >= 15 is 0 Å². The molecule has 0 N–H and O–H groups in total. The fraction of sp³-hybridized carbons (Fsp3) is 0. The van der Waals surface area contributed by atoms with Crippen LogP contribution in [0, 0.1) is 0 Å².